The molecule has 1 heterocycles. The Balaban J connectivity index is 2.32. The van der Waals surface area contributed by atoms with E-state index in [4.69, 9.17) is 11.5 Å². The van der Waals surface area contributed by atoms with Crippen LogP contribution in [0.4, 0.5) is 0 Å². The van der Waals surface area contributed by atoms with Crippen molar-refractivity contribution in [3.63, 3.8) is 0 Å². The van der Waals surface area contributed by atoms with E-state index in [0.717, 1.165) is 16.5 Å². The second-order valence-electron chi connectivity index (χ2n) is 10.5. The number of benzene rings is 1. The van der Waals surface area contributed by atoms with Gasteiger partial charge >= 0.3 is 5.97 Å². The third kappa shape index (κ3) is 9.07. The summed E-state index contributed by atoms with van der Waals surface area (Å²) in [5.41, 5.74) is 13.4. The van der Waals surface area contributed by atoms with Crippen molar-refractivity contribution in [2.24, 2.45) is 23.3 Å². The Kier molecular flexibility index (Phi) is 12.4. The molecule has 0 spiro atoms. The van der Waals surface area contributed by atoms with Crippen LogP contribution in [0.5, 0.6) is 0 Å². The van der Waals surface area contributed by atoms with Crippen molar-refractivity contribution >= 4 is 34.6 Å². The number of carboxylic acid groups (broad SMARTS) is 1. The average Bonchev–Trinajstić information content (AvgIpc) is 3.31. The van der Waals surface area contributed by atoms with E-state index in [1.807, 2.05) is 38.1 Å². The number of amides is 3. The lowest BCUT2D eigenvalue weighted by Gasteiger charge is -2.27. The van der Waals surface area contributed by atoms with Crippen molar-refractivity contribution in [3.8, 4) is 0 Å². The standard InChI is InChI=1S/C28H44N6O5/c1-5-17(4)23(30)27(37)32-21(12-8-9-13-29)25(35)33-22(26(36)34-24(16(2)3)28(38)39)14-18-15-31-20-11-7-6-10-19(18)20/h6-7,10-11,15-17,21-24,31H,5,8-9,12-14,29-30H2,1-4H3,(H,32,37)(H,33,35)(H,34,36)(H,38,39). The summed E-state index contributed by atoms with van der Waals surface area (Å²) in [5.74, 6) is -3.24. The third-order valence-corrected chi connectivity index (χ3v) is 7.10. The number of unbranched alkanes of at least 4 members (excludes halogenated alkanes) is 1. The fraction of sp³-hybridized carbons (Fsp3) is 0.571. The van der Waals surface area contributed by atoms with Crippen molar-refractivity contribution in [2.75, 3.05) is 6.54 Å². The van der Waals surface area contributed by atoms with Crippen molar-refractivity contribution in [3.05, 3.63) is 36.0 Å². The maximum atomic E-state index is 13.5. The zero-order valence-electron chi connectivity index (χ0n) is 23.3. The smallest absolute Gasteiger partial charge is 0.326 e. The minimum atomic E-state index is -1.17. The molecule has 0 radical (unpaired) electrons. The number of hydrogen-bond acceptors (Lipinski definition) is 6. The molecule has 9 N–H and O–H groups in total. The topological polar surface area (TPSA) is 192 Å². The average molecular weight is 545 g/mol. The number of nitrogens with two attached hydrogens (primary N) is 2. The van der Waals surface area contributed by atoms with E-state index in [1.54, 1.807) is 20.0 Å². The summed E-state index contributed by atoms with van der Waals surface area (Å²) in [5, 5.41) is 18.6. The van der Waals surface area contributed by atoms with E-state index in [9.17, 15) is 24.3 Å². The van der Waals surface area contributed by atoms with Crippen molar-refractivity contribution in [1.82, 2.24) is 20.9 Å². The van der Waals surface area contributed by atoms with Crippen LogP contribution in [0.15, 0.2) is 30.5 Å². The highest BCUT2D eigenvalue weighted by Gasteiger charge is 2.32. The number of aromatic amines is 1. The molecule has 3 amide bonds. The number of fused-ring (bicyclic) bond motifs is 1. The molecule has 1 aromatic heterocycles. The van der Waals surface area contributed by atoms with Crippen molar-refractivity contribution < 1.29 is 24.3 Å². The van der Waals surface area contributed by atoms with Gasteiger partial charge in [-0.3, -0.25) is 14.4 Å². The van der Waals surface area contributed by atoms with Crippen LogP contribution in [0.25, 0.3) is 10.9 Å². The van der Waals surface area contributed by atoms with Gasteiger partial charge in [-0.05, 0) is 49.3 Å². The number of aromatic nitrogens is 1. The second-order valence-corrected chi connectivity index (χ2v) is 10.5. The fourth-order valence-electron chi connectivity index (χ4n) is 4.31. The molecule has 1 aromatic carbocycles. The first-order chi connectivity index (χ1) is 18.5. The molecule has 2 aromatic rings. The quantitative estimate of drug-likeness (QED) is 0.155. The molecule has 0 saturated carbocycles. The Morgan fingerprint density at radius 2 is 1.59 bits per heavy atom. The molecule has 0 saturated heterocycles. The van der Waals surface area contributed by atoms with Crippen LogP contribution in [0, 0.1) is 11.8 Å². The van der Waals surface area contributed by atoms with E-state index in [-0.39, 0.29) is 18.3 Å². The Morgan fingerprint density at radius 3 is 2.21 bits per heavy atom. The number of aliphatic carboxylic acids is 1. The Morgan fingerprint density at radius 1 is 0.949 bits per heavy atom. The minimum absolute atomic E-state index is 0.0814. The maximum Gasteiger partial charge on any atom is 0.326 e. The molecule has 0 bridgehead atoms. The summed E-state index contributed by atoms with van der Waals surface area (Å²) in [6.07, 6.45) is 4.13. The minimum Gasteiger partial charge on any atom is -0.480 e. The van der Waals surface area contributed by atoms with E-state index in [1.165, 1.54) is 0 Å². The molecular weight excluding hydrogens is 500 g/mol. The van der Waals surface area contributed by atoms with Crippen LogP contribution in [-0.4, -0.2) is 64.5 Å². The number of carbonyl (C=O) groups is 4. The van der Waals surface area contributed by atoms with Gasteiger partial charge in [0.05, 0.1) is 6.04 Å². The highest BCUT2D eigenvalue weighted by atomic mass is 16.4. The molecule has 0 aliphatic heterocycles. The summed E-state index contributed by atoms with van der Waals surface area (Å²) in [6.45, 7) is 7.61. The first kappa shape index (κ1) is 31.8. The van der Waals surface area contributed by atoms with E-state index < -0.39 is 47.9 Å². The van der Waals surface area contributed by atoms with Gasteiger partial charge in [0.1, 0.15) is 18.1 Å². The SMILES string of the molecule is CCC(C)C(N)C(=O)NC(CCCCN)C(=O)NC(Cc1c[nH]c2ccccc12)C(=O)NC(C(=O)O)C(C)C. The molecule has 11 heteroatoms. The number of carbonyl (C=O) groups excluding carboxylic acids is 3. The Hall–Kier alpha value is -3.44. The fourth-order valence-corrected chi connectivity index (χ4v) is 4.31. The molecule has 0 aliphatic carbocycles. The second kappa shape index (κ2) is 15.2. The van der Waals surface area contributed by atoms with Crippen LogP contribution >= 0.6 is 0 Å². The van der Waals surface area contributed by atoms with Gasteiger partial charge in [-0.1, -0.05) is 52.3 Å². The number of nitrogens with one attached hydrogen (secondary N) is 4. The van der Waals surface area contributed by atoms with Crippen LogP contribution in [0.1, 0.15) is 58.9 Å². The lowest BCUT2D eigenvalue weighted by molar-refractivity contribution is -0.143. The first-order valence-electron chi connectivity index (χ1n) is 13.6. The zero-order chi connectivity index (χ0) is 29.1. The number of H-pyrrole nitrogens is 1. The molecule has 11 nitrogen and oxygen atoms in total. The van der Waals surface area contributed by atoms with Gasteiger partial charge in [-0.25, -0.2) is 4.79 Å². The first-order valence-corrected chi connectivity index (χ1v) is 13.6. The summed E-state index contributed by atoms with van der Waals surface area (Å²) in [7, 11) is 0. The van der Waals surface area contributed by atoms with Gasteiger partial charge in [-0.2, -0.15) is 0 Å². The van der Waals surface area contributed by atoms with Gasteiger partial charge in [0.25, 0.3) is 0 Å². The molecule has 5 unspecified atom stereocenters. The summed E-state index contributed by atoms with van der Waals surface area (Å²) < 4.78 is 0. The number of hydrogen-bond donors (Lipinski definition) is 7. The van der Waals surface area contributed by atoms with E-state index >= 15 is 0 Å². The zero-order valence-corrected chi connectivity index (χ0v) is 23.3. The third-order valence-electron chi connectivity index (χ3n) is 7.10. The molecule has 0 fully saturated rings. The summed E-state index contributed by atoms with van der Waals surface area (Å²) >= 11 is 0. The van der Waals surface area contributed by atoms with Crippen LogP contribution in [-0.2, 0) is 25.6 Å². The molecule has 216 valence electrons. The van der Waals surface area contributed by atoms with Crippen molar-refractivity contribution in [2.45, 2.75) is 84.0 Å². The van der Waals surface area contributed by atoms with Crippen molar-refractivity contribution in [1.29, 1.82) is 0 Å². The van der Waals surface area contributed by atoms with Gasteiger partial charge in [0.15, 0.2) is 0 Å². The van der Waals surface area contributed by atoms with Gasteiger partial charge in [-0.15, -0.1) is 0 Å². The lowest BCUT2D eigenvalue weighted by atomic mass is 9.98. The largest absolute Gasteiger partial charge is 0.480 e. The highest BCUT2D eigenvalue weighted by molar-refractivity contribution is 5.95. The predicted molar refractivity (Wildman–Crippen MR) is 151 cm³/mol. The van der Waals surface area contributed by atoms with Crippen LogP contribution < -0.4 is 27.4 Å². The molecule has 2 rings (SSSR count). The number of rotatable bonds is 16. The Labute approximate surface area is 229 Å². The predicted octanol–water partition coefficient (Wildman–Crippen LogP) is 1.41. The van der Waals surface area contributed by atoms with E-state index in [0.29, 0.717) is 32.2 Å². The van der Waals surface area contributed by atoms with Gasteiger partial charge in [0, 0.05) is 23.5 Å². The van der Waals surface area contributed by atoms with Gasteiger partial charge in [0.2, 0.25) is 17.7 Å². The summed E-state index contributed by atoms with van der Waals surface area (Å²) in [4.78, 5) is 54.6. The molecule has 0 aliphatic rings. The number of para-hydroxylation sites is 1. The summed E-state index contributed by atoms with van der Waals surface area (Å²) in [6, 6.07) is 3.62. The maximum absolute atomic E-state index is 13.5. The highest BCUT2D eigenvalue weighted by Crippen LogP contribution is 2.19. The van der Waals surface area contributed by atoms with E-state index in [2.05, 4.69) is 20.9 Å². The van der Waals surface area contributed by atoms with Crippen LogP contribution in [0.2, 0.25) is 0 Å². The normalized spacial score (nSPS) is 15.3. The molecular formula is C28H44N6O5. The van der Waals surface area contributed by atoms with Crippen LogP contribution in [0.3, 0.4) is 0 Å². The molecule has 39 heavy (non-hydrogen) atoms. The number of carboxylic acids is 1. The van der Waals surface area contributed by atoms with Gasteiger partial charge < -0.3 is 37.5 Å². The molecule has 5 atom stereocenters. The monoisotopic (exact) mass is 544 g/mol. The lowest BCUT2D eigenvalue weighted by Crippen LogP contribution is -2.58. The Bertz CT molecular complexity index is 1120.